The van der Waals surface area contributed by atoms with Crippen molar-refractivity contribution in [1.82, 2.24) is 24.8 Å². The molecule has 1 N–H and O–H groups in total. The smallest absolute Gasteiger partial charge is 0.259 e. The number of aliphatic hydroxyl groups is 1. The van der Waals surface area contributed by atoms with Gasteiger partial charge in [-0.15, -0.1) is 0 Å². The molecule has 2 aromatic rings. The summed E-state index contributed by atoms with van der Waals surface area (Å²) in [5, 5.41) is 9.74. The summed E-state index contributed by atoms with van der Waals surface area (Å²) in [5.41, 5.74) is 2.27. The molecule has 0 bridgehead atoms. The highest BCUT2D eigenvalue weighted by Gasteiger charge is 2.34. The minimum absolute atomic E-state index is 0.0394. The highest BCUT2D eigenvalue weighted by atomic mass is 16.5. The van der Waals surface area contributed by atoms with E-state index in [0.717, 1.165) is 11.1 Å². The number of aliphatic hydroxyl groups excluding tert-OH is 1. The summed E-state index contributed by atoms with van der Waals surface area (Å²) in [6.07, 6.45) is 10.4. The molecular weight excluding hydrogens is 394 g/mol. The molecule has 3 rings (SSSR count). The molecule has 0 aliphatic carbocycles. The van der Waals surface area contributed by atoms with Gasteiger partial charge >= 0.3 is 0 Å². The number of amides is 1. The van der Waals surface area contributed by atoms with E-state index in [4.69, 9.17) is 4.74 Å². The van der Waals surface area contributed by atoms with Gasteiger partial charge in [-0.2, -0.15) is 0 Å². The van der Waals surface area contributed by atoms with Gasteiger partial charge in [0.2, 0.25) is 5.88 Å². The third kappa shape index (κ3) is 5.65. The first kappa shape index (κ1) is 22.8. The van der Waals surface area contributed by atoms with Crippen LogP contribution in [0.25, 0.3) is 6.08 Å². The summed E-state index contributed by atoms with van der Waals surface area (Å²) >= 11 is 0. The van der Waals surface area contributed by atoms with E-state index in [1.807, 2.05) is 33.0 Å². The van der Waals surface area contributed by atoms with Crippen molar-refractivity contribution in [3.63, 3.8) is 0 Å². The van der Waals surface area contributed by atoms with Crippen LogP contribution in [-0.4, -0.2) is 74.7 Å². The SMILES string of the molecule is C/C=C/c1cnc2c(c1)C(=O)N([C@H](C)CO)C[C@@H](C)[C@H](CN(C)Cc1cncnc1)O2. The van der Waals surface area contributed by atoms with Crippen molar-refractivity contribution in [1.29, 1.82) is 0 Å². The number of nitrogens with zero attached hydrogens (tertiary/aromatic N) is 5. The Labute approximate surface area is 183 Å². The number of hydrogen-bond acceptors (Lipinski definition) is 7. The van der Waals surface area contributed by atoms with Crippen molar-refractivity contribution in [2.24, 2.45) is 5.92 Å². The number of likely N-dealkylation sites (N-methyl/N-ethyl adjacent to an activating group) is 1. The number of pyridine rings is 1. The predicted molar refractivity (Wildman–Crippen MR) is 118 cm³/mol. The highest BCUT2D eigenvalue weighted by molar-refractivity contribution is 5.97. The molecule has 31 heavy (non-hydrogen) atoms. The van der Waals surface area contributed by atoms with Gasteiger partial charge in [-0.05, 0) is 32.5 Å². The van der Waals surface area contributed by atoms with Crippen LogP contribution in [0.15, 0.2) is 37.1 Å². The topological polar surface area (TPSA) is 91.7 Å². The van der Waals surface area contributed by atoms with Gasteiger partial charge < -0.3 is 14.7 Å². The van der Waals surface area contributed by atoms with E-state index < -0.39 is 0 Å². The molecule has 0 fully saturated rings. The van der Waals surface area contributed by atoms with Gasteiger partial charge in [-0.25, -0.2) is 15.0 Å². The van der Waals surface area contributed by atoms with E-state index in [9.17, 15) is 9.90 Å². The zero-order chi connectivity index (χ0) is 22.4. The number of rotatable bonds is 7. The van der Waals surface area contributed by atoms with Crippen molar-refractivity contribution < 1.29 is 14.6 Å². The molecule has 1 aliphatic heterocycles. The van der Waals surface area contributed by atoms with Gasteiger partial charge in [0.05, 0.1) is 12.6 Å². The van der Waals surface area contributed by atoms with E-state index in [1.54, 1.807) is 29.6 Å². The first-order valence-corrected chi connectivity index (χ1v) is 10.6. The number of fused-ring (bicyclic) bond motifs is 1. The Kier molecular flexibility index (Phi) is 7.70. The fourth-order valence-corrected chi connectivity index (χ4v) is 3.71. The average molecular weight is 426 g/mol. The number of carbonyl (C=O) groups is 1. The molecule has 1 amide bonds. The maximum atomic E-state index is 13.3. The second-order valence-corrected chi connectivity index (χ2v) is 8.19. The molecule has 0 saturated carbocycles. The summed E-state index contributed by atoms with van der Waals surface area (Å²) in [6.45, 7) is 7.55. The third-order valence-corrected chi connectivity index (χ3v) is 5.46. The molecule has 166 valence electrons. The second kappa shape index (κ2) is 10.5. The van der Waals surface area contributed by atoms with Crippen LogP contribution in [0.1, 0.15) is 42.3 Å². The lowest BCUT2D eigenvalue weighted by atomic mass is 9.99. The Bertz CT molecular complexity index is 905. The van der Waals surface area contributed by atoms with E-state index in [-0.39, 0.29) is 30.6 Å². The predicted octanol–water partition coefficient (Wildman–Crippen LogP) is 2.26. The Hall–Kier alpha value is -2.84. The van der Waals surface area contributed by atoms with Crippen molar-refractivity contribution >= 4 is 12.0 Å². The minimum atomic E-state index is -0.300. The van der Waals surface area contributed by atoms with Crippen LogP contribution in [0, 0.1) is 5.92 Å². The Morgan fingerprint density at radius 1 is 1.35 bits per heavy atom. The van der Waals surface area contributed by atoms with Gasteiger partial charge in [-0.3, -0.25) is 9.69 Å². The number of hydrogen-bond donors (Lipinski definition) is 1. The zero-order valence-corrected chi connectivity index (χ0v) is 18.6. The van der Waals surface area contributed by atoms with Crippen molar-refractivity contribution in [2.45, 2.75) is 39.5 Å². The lowest BCUT2D eigenvalue weighted by Crippen LogP contribution is -2.49. The van der Waals surface area contributed by atoms with E-state index in [0.29, 0.717) is 31.1 Å². The second-order valence-electron chi connectivity index (χ2n) is 8.19. The molecular formula is C23H31N5O3. The Morgan fingerprint density at radius 2 is 2.10 bits per heavy atom. The van der Waals surface area contributed by atoms with Crippen LogP contribution in [0.4, 0.5) is 0 Å². The van der Waals surface area contributed by atoms with Crippen LogP contribution in [0.2, 0.25) is 0 Å². The van der Waals surface area contributed by atoms with E-state index in [2.05, 4.69) is 26.8 Å². The molecule has 0 spiro atoms. The van der Waals surface area contributed by atoms with Crippen molar-refractivity contribution in [3.8, 4) is 5.88 Å². The van der Waals surface area contributed by atoms with Crippen LogP contribution in [-0.2, 0) is 6.54 Å². The molecule has 1 aliphatic rings. The maximum Gasteiger partial charge on any atom is 0.259 e. The summed E-state index contributed by atoms with van der Waals surface area (Å²) in [7, 11) is 2.02. The lowest BCUT2D eigenvalue weighted by Gasteiger charge is -2.37. The van der Waals surface area contributed by atoms with Gasteiger partial charge in [-0.1, -0.05) is 19.1 Å². The summed E-state index contributed by atoms with van der Waals surface area (Å²) in [4.78, 5) is 29.8. The number of aromatic nitrogens is 3. The normalized spacial score (nSPS) is 20.3. The van der Waals surface area contributed by atoms with Crippen molar-refractivity contribution in [3.05, 3.63) is 53.8 Å². The van der Waals surface area contributed by atoms with Crippen LogP contribution < -0.4 is 4.74 Å². The first-order valence-electron chi connectivity index (χ1n) is 10.6. The third-order valence-electron chi connectivity index (χ3n) is 5.46. The Morgan fingerprint density at radius 3 is 2.77 bits per heavy atom. The quantitative estimate of drug-likeness (QED) is 0.727. The Balaban J connectivity index is 1.89. The standard InChI is InChI=1S/C23H31N5O3/c1-5-6-18-7-20-22(26-10-18)31-21(13-27(4)12-19-8-24-15-25-9-19)16(2)11-28(23(20)30)17(3)14-29/h5-10,15-17,21,29H,11-14H2,1-4H3/b6-5+/t16-,17-,21+/m1/s1. The maximum absolute atomic E-state index is 13.3. The average Bonchev–Trinajstić information content (AvgIpc) is 2.77. The highest BCUT2D eigenvalue weighted by Crippen LogP contribution is 2.27. The van der Waals surface area contributed by atoms with Gasteiger partial charge in [0.1, 0.15) is 18.0 Å². The molecule has 8 nitrogen and oxygen atoms in total. The van der Waals surface area contributed by atoms with Crippen LogP contribution in [0.3, 0.4) is 0 Å². The van der Waals surface area contributed by atoms with E-state index >= 15 is 0 Å². The van der Waals surface area contributed by atoms with E-state index in [1.165, 1.54) is 6.33 Å². The molecule has 0 aromatic carbocycles. The first-order chi connectivity index (χ1) is 14.9. The van der Waals surface area contributed by atoms with Crippen LogP contribution >= 0.6 is 0 Å². The molecule has 0 radical (unpaired) electrons. The monoisotopic (exact) mass is 425 g/mol. The number of carbonyl (C=O) groups excluding carboxylic acids is 1. The molecule has 0 saturated heterocycles. The molecule has 8 heteroatoms. The fraction of sp³-hybridized carbons (Fsp3) is 0.478. The van der Waals surface area contributed by atoms with Crippen molar-refractivity contribution in [2.75, 3.05) is 26.7 Å². The lowest BCUT2D eigenvalue weighted by molar-refractivity contribution is 0.0325. The number of ether oxygens (including phenoxy) is 1. The number of allylic oxidation sites excluding steroid dienone is 1. The summed E-state index contributed by atoms with van der Waals surface area (Å²) < 4.78 is 6.30. The van der Waals surface area contributed by atoms with Gasteiger partial charge in [0, 0.05) is 49.7 Å². The molecule has 3 atom stereocenters. The summed E-state index contributed by atoms with van der Waals surface area (Å²) in [6, 6.07) is 1.51. The molecule has 0 unspecified atom stereocenters. The zero-order valence-electron chi connectivity index (χ0n) is 18.6. The van der Waals surface area contributed by atoms with Gasteiger partial charge in [0.25, 0.3) is 5.91 Å². The molecule has 2 aromatic heterocycles. The fourth-order valence-electron chi connectivity index (χ4n) is 3.71. The largest absolute Gasteiger partial charge is 0.472 e. The van der Waals surface area contributed by atoms with Gasteiger partial charge in [0.15, 0.2) is 0 Å². The molecule has 3 heterocycles. The summed E-state index contributed by atoms with van der Waals surface area (Å²) in [5.74, 6) is 0.203. The van der Waals surface area contributed by atoms with Crippen LogP contribution in [0.5, 0.6) is 5.88 Å². The minimum Gasteiger partial charge on any atom is -0.472 e.